The van der Waals surface area contributed by atoms with Gasteiger partial charge in [-0.05, 0) is 23.7 Å². The third-order valence-electron chi connectivity index (χ3n) is 7.52. The first-order valence-electron chi connectivity index (χ1n) is 13.6. The van der Waals surface area contributed by atoms with Gasteiger partial charge in [0, 0.05) is 38.3 Å². The molecule has 1 aromatic heterocycles. The maximum absolute atomic E-state index is 12.4. The Balaban J connectivity index is 1.31. The van der Waals surface area contributed by atoms with Crippen LogP contribution in [-0.2, 0) is 20.8 Å². The molecule has 3 aromatic rings. The normalized spacial score (nSPS) is 28.8. The van der Waals surface area contributed by atoms with Crippen LogP contribution >= 0.6 is 0 Å². The van der Waals surface area contributed by atoms with Crippen LogP contribution in [0.5, 0.6) is 0 Å². The maximum atomic E-state index is 12.4. The predicted molar refractivity (Wildman–Crippen MR) is 149 cm³/mol. The summed E-state index contributed by atoms with van der Waals surface area (Å²) < 4.78 is 19.1. The van der Waals surface area contributed by atoms with Crippen LogP contribution in [0.15, 0.2) is 76.4 Å². The number of hydrogen-bond donors (Lipinski definition) is 5. The highest BCUT2D eigenvalue weighted by molar-refractivity contribution is 5.63. The summed E-state index contributed by atoms with van der Waals surface area (Å²) in [5.41, 5.74) is 7.69. The van der Waals surface area contributed by atoms with Gasteiger partial charge in [0.25, 0.3) is 5.56 Å². The van der Waals surface area contributed by atoms with Crippen LogP contribution in [0, 0.1) is 0 Å². The van der Waals surface area contributed by atoms with Gasteiger partial charge >= 0.3 is 5.69 Å². The summed E-state index contributed by atoms with van der Waals surface area (Å²) in [6, 6.07) is 19.5. The highest BCUT2D eigenvalue weighted by Crippen LogP contribution is 2.33. The first-order chi connectivity index (χ1) is 19.7. The summed E-state index contributed by atoms with van der Waals surface area (Å²) in [6.45, 7) is 0.869. The molecule has 2 aromatic carbocycles. The Bertz CT molecular complexity index is 1400. The van der Waals surface area contributed by atoms with Crippen LogP contribution in [-0.4, -0.2) is 92.8 Å². The highest BCUT2D eigenvalue weighted by Gasteiger charge is 2.47. The number of nitrogens with two attached hydrogens (primary N) is 1. The maximum Gasteiger partial charge on any atom is 0.330 e. The number of ether oxygens (including phenoxy) is 3. The van der Waals surface area contributed by atoms with Crippen molar-refractivity contribution in [2.45, 2.75) is 62.1 Å². The highest BCUT2D eigenvalue weighted by atomic mass is 16.7. The number of hydrogen-bond acceptors (Lipinski definition) is 10. The Morgan fingerprint density at radius 1 is 1.02 bits per heavy atom. The lowest BCUT2D eigenvalue weighted by Crippen LogP contribution is -2.44. The van der Waals surface area contributed by atoms with E-state index >= 15 is 0 Å². The number of aromatic nitrogens is 2. The van der Waals surface area contributed by atoms with Crippen LogP contribution in [0.4, 0.5) is 0 Å². The molecule has 2 aliphatic heterocycles. The van der Waals surface area contributed by atoms with Crippen LogP contribution in [0.3, 0.4) is 0 Å². The molecule has 5 rings (SSSR count). The second-order valence-electron chi connectivity index (χ2n) is 10.6. The molecular weight excluding hydrogens is 532 g/mol. The predicted octanol–water partition coefficient (Wildman–Crippen LogP) is -0.225. The smallest absolute Gasteiger partial charge is 0.330 e. The molecular formula is C29H36N4O8. The summed E-state index contributed by atoms with van der Waals surface area (Å²) >= 11 is 0. The van der Waals surface area contributed by atoms with E-state index in [2.05, 4.69) is 41.4 Å². The van der Waals surface area contributed by atoms with Crippen molar-refractivity contribution in [3.8, 4) is 11.1 Å². The number of likely N-dealkylation sites (N-methyl/N-ethyl adjacent to an activating group) is 1. The van der Waals surface area contributed by atoms with E-state index in [0.29, 0.717) is 13.1 Å². The quantitative estimate of drug-likeness (QED) is 0.220. The van der Waals surface area contributed by atoms with Gasteiger partial charge in [-0.3, -0.25) is 19.2 Å². The number of rotatable bonds is 10. The topological polar surface area (TPSA) is 172 Å². The molecule has 6 N–H and O–H groups in total. The Morgan fingerprint density at radius 3 is 2.39 bits per heavy atom. The molecule has 0 aliphatic carbocycles. The van der Waals surface area contributed by atoms with Gasteiger partial charge in [0.1, 0.15) is 24.4 Å². The van der Waals surface area contributed by atoms with E-state index in [1.54, 1.807) is 0 Å². The van der Waals surface area contributed by atoms with Gasteiger partial charge in [0.15, 0.2) is 12.5 Å². The molecule has 12 nitrogen and oxygen atoms in total. The number of nitrogens with zero attached hydrogens (tertiary/aromatic N) is 2. The van der Waals surface area contributed by atoms with E-state index in [4.69, 9.17) is 19.9 Å². The summed E-state index contributed by atoms with van der Waals surface area (Å²) in [6.07, 6.45) is -6.68. The van der Waals surface area contributed by atoms with Gasteiger partial charge in [-0.15, -0.1) is 0 Å². The molecule has 41 heavy (non-hydrogen) atoms. The molecule has 0 unspecified atom stereocenters. The van der Waals surface area contributed by atoms with Crippen molar-refractivity contribution < 1.29 is 29.5 Å². The molecule has 3 heterocycles. The van der Waals surface area contributed by atoms with Crippen LogP contribution < -0.4 is 17.0 Å². The number of aliphatic hydroxyl groups is 3. The molecule has 0 amide bonds. The van der Waals surface area contributed by atoms with Gasteiger partial charge in [0.05, 0.1) is 12.2 Å². The minimum absolute atomic E-state index is 0.00250. The summed E-state index contributed by atoms with van der Waals surface area (Å²) in [5.74, 6) is 0. The van der Waals surface area contributed by atoms with E-state index in [1.165, 1.54) is 12.3 Å². The average Bonchev–Trinajstić information content (AvgIpc) is 3.48. The molecule has 2 fully saturated rings. The van der Waals surface area contributed by atoms with E-state index in [-0.39, 0.29) is 13.0 Å². The number of aromatic amines is 1. The zero-order valence-electron chi connectivity index (χ0n) is 22.7. The van der Waals surface area contributed by atoms with E-state index in [1.807, 2.05) is 30.1 Å². The van der Waals surface area contributed by atoms with Crippen LogP contribution in [0.2, 0.25) is 0 Å². The standard InChI is InChI=1S/C29H36N4O8/c1-32(15-17-7-9-19(10-8-17)18-5-3-2-4-6-18)16-23(41-28-26(37)25(36)22(14-30)40-28)21-13-20(34)27(39-21)33-12-11-24(35)31-29(33)38/h2-12,20-23,25-28,34,36-37H,13-16,30H2,1H3,(H,31,35,38)/t20-,21+,22-,23+,25-,26-,27-,28+/m1/s1. The van der Waals surface area contributed by atoms with Crippen molar-refractivity contribution in [1.29, 1.82) is 0 Å². The largest absolute Gasteiger partial charge is 0.388 e. The van der Waals surface area contributed by atoms with Crippen molar-refractivity contribution in [2.75, 3.05) is 20.1 Å². The number of nitrogens with one attached hydrogen (secondary N) is 1. The fraction of sp³-hybridized carbons (Fsp3) is 0.448. The van der Waals surface area contributed by atoms with Gasteiger partial charge in [0.2, 0.25) is 0 Å². The lowest BCUT2D eigenvalue weighted by Gasteiger charge is -2.31. The van der Waals surface area contributed by atoms with Crippen LogP contribution in [0.1, 0.15) is 18.2 Å². The van der Waals surface area contributed by atoms with Gasteiger partial charge < -0.3 is 35.3 Å². The second kappa shape index (κ2) is 12.8. The fourth-order valence-corrected chi connectivity index (χ4v) is 5.36. The third kappa shape index (κ3) is 6.66. The third-order valence-corrected chi connectivity index (χ3v) is 7.52. The van der Waals surface area contributed by atoms with E-state index < -0.39 is 60.4 Å². The van der Waals surface area contributed by atoms with Crippen molar-refractivity contribution in [3.63, 3.8) is 0 Å². The molecule has 12 heteroatoms. The van der Waals surface area contributed by atoms with Crippen LogP contribution in [0.25, 0.3) is 11.1 Å². The molecule has 0 saturated carbocycles. The van der Waals surface area contributed by atoms with Crippen molar-refractivity contribution in [3.05, 3.63) is 93.3 Å². The molecule has 0 radical (unpaired) electrons. The minimum atomic E-state index is -1.33. The summed E-state index contributed by atoms with van der Waals surface area (Å²) in [5, 5.41) is 31.6. The average molecular weight is 569 g/mol. The molecule has 0 bridgehead atoms. The monoisotopic (exact) mass is 568 g/mol. The van der Waals surface area contributed by atoms with E-state index in [0.717, 1.165) is 21.3 Å². The Kier molecular flexibility index (Phi) is 9.12. The van der Waals surface area contributed by atoms with Gasteiger partial charge in [-0.1, -0.05) is 54.6 Å². The Labute approximate surface area is 236 Å². The number of benzene rings is 2. The Hall–Kier alpha value is -3.20. The van der Waals surface area contributed by atoms with Crippen molar-refractivity contribution in [1.82, 2.24) is 14.5 Å². The molecule has 2 aliphatic rings. The minimum Gasteiger partial charge on any atom is -0.388 e. The zero-order valence-corrected chi connectivity index (χ0v) is 22.7. The first-order valence-corrected chi connectivity index (χ1v) is 13.6. The molecule has 220 valence electrons. The van der Waals surface area contributed by atoms with E-state index in [9.17, 15) is 24.9 Å². The van der Waals surface area contributed by atoms with Gasteiger partial charge in [-0.25, -0.2) is 4.79 Å². The fourth-order valence-electron chi connectivity index (χ4n) is 5.36. The molecule has 8 atom stereocenters. The summed E-state index contributed by atoms with van der Waals surface area (Å²) in [4.78, 5) is 28.0. The Morgan fingerprint density at radius 2 is 1.73 bits per heavy atom. The number of H-pyrrole nitrogens is 1. The zero-order chi connectivity index (χ0) is 29.1. The second-order valence-corrected chi connectivity index (χ2v) is 10.6. The number of aliphatic hydroxyl groups excluding tert-OH is 3. The first kappa shape index (κ1) is 29.3. The van der Waals surface area contributed by atoms with Crippen molar-refractivity contribution >= 4 is 0 Å². The lowest BCUT2D eigenvalue weighted by molar-refractivity contribution is -0.217. The van der Waals surface area contributed by atoms with Crippen molar-refractivity contribution in [2.24, 2.45) is 5.73 Å². The molecule has 2 saturated heterocycles. The summed E-state index contributed by atoms with van der Waals surface area (Å²) in [7, 11) is 1.90. The SMILES string of the molecule is CN(Cc1ccc(-c2ccccc2)cc1)C[C@H](O[C@@H]1O[C@H](CN)[C@@H](O)[C@H]1O)[C@@H]1C[C@@H](O)[C@H](n2ccc(=O)[nH]c2=O)O1. The molecule has 0 spiro atoms. The lowest BCUT2D eigenvalue weighted by atomic mass is 10.0. The van der Waals surface area contributed by atoms with Gasteiger partial charge in [-0.2, -0.15) is 0 Å².